The topological polar surface area (TPSA) is 153 Å². The van der Waals surface area contributed by atoms with Crippen LogP contribution in [-0.4, -0.2) is 102 Å². The summed E-state index contributed by atoms with van der Waals surface area (Å²) in [5.41, 5.74) is 3.49. The quantitative estimate of drug-likeness (QED) is 0.0513. The van der Waals surface area contributed by atoms with Gasteiger partial charge in [0.25, 0.3) is 5.91 Å². The summed E-state index contributed by atoms with van der Waals surface area (Å²) < 4.78 is 18.4. The summed E-state index contributed by atoms with van der Waals surface area (Å²) >= 11 is 0. The van der Waals surface area contributed by atoms with Crippen LogP contribution in [0.3, 0.4) is 0 Å². The molecule has 0 aromatic heterocycles. The zero-order chi connectivity index (χ0) is 41.5. The number of benzene rings is 4. The van der Waals surface area contributed by atoms with Crippen molar-refractivity contribution in [3.63, 3.8) is 0 Å². The number of aliphatic hydroxyl groups excluding tert-OH is 2. The van der Waals surface area contributed by atoms with Crippen molar-refractivity contribution in [2.75, 3.05) is 57.7 Å². The largest absolute Gasteiger partial charge is 0.506 e. The number of hydrogen-bond donors (Lipinski definition) is 5. The predicted molar refractivity (Wildman–Crippen MR) is 229 cm³/mol. The Labute approximate surface area is 351 Å². The molecule has 1 amide bonds. The van der Waals surface area contributed by atoms with Gasteiger partial charge in [-0.05, 0) is 129 Å². The van der Waals surface area contributed by atoms with Crippen LogP contribution in [0.1, 0.15) is 77.2 Å². The Hall–Kier alpha value is -5.40. The lowest BCUT2D eigenvalue weighted by atomic mass is 9.72. The van der Waals surface area contributed by atoms with Gasteiger partial charge in [-0.1, -0.05) is 54.6 Å². The SMILES string of the molecule is O=C(c1ccc(OCc2cccc(OCCCCNC[C@H](O)c3ccc(O)c4c3C=CC(O)N4)c2)cc1)N1CCC(C(=O)O[C@H]2CN3CCC2CC3)(c2ccccc2)CC1. The number of aliphatic hydroxyl groups is 2. The van der Waals surface area contributed by atoms with E-state index in [9.17, 15) is 24.9 Å². The summed E-state index contributed by atoms with van der Waals surface area (Å²) in [5.74, 6) is 1.67. The number of esters is 1. The molecule has 5 aliphatic heterocycles. The van der Waals surface area contributed by atoms with Gasteiger partial charge in [0.15, 0.2) is 0 Å². The predicted octanol–water partition coefficient (Wildman–Crippen LogP) is 6.02. The van der Waals surface area contributed by atoms with Gasteiger partial charge in [0.1, 0.15) is 36.2 Å². The van der Waals surface area contributed by atoms with E-state index >= 15 is 0 Å². The number of fused-ring (bicyclic) bond motifs is 4. The Balaban J connectivity index is 0.761. The Morgan fingerprint density at radius 2 is 1.67 bits per heavy atom. The van der Waals surface area contributed by atoms with Crippen LogP contribution in [0.5, 0.6) is 17.2 Å². The minimum Gasteiger partial charge on any atom is -0.506 e. The molecule has 5 aliphatic rings. The van der Waals surface area contributed by atoms with Crippen LogP contribution < -0.4 is 20.1 Å². The number of nitrogens with one attached hydrogen (secondary N) is 2. The molecule has 12 heteroatoms. The summed E-state index contributed by atoms with van der Waals surface area (Å²) in [5, 5.41) is 36.9. The van der Waals surface area contributed by atoms with E-state index in [-0.39, 0.29) is 23.7 Å². The summed E-state index contributed by atoms with van der Waals surface area (Å²) in [6.45, 7) is 5.87. The van der Waals surface area contributed by atoms with Crippen molar-refractivity contribution >= 4 is 23.6 Å². The minimum absolute atomic E-state index is 0.0250. The summed E-state index contributed by atoms with van der Waals surface area (Å²) in [7, 11) is 0. The summed E-state index contributed by atoms with van der Waals surface area (Å²) in [6.07, 6.45) is 6.45. The van der Waals surface area contributed by atoms with E-state index in [2.05, 4.69) is 15.5 Å². The normalized spacial score (nSPS) is 22.0. The lowest BCUT2D eigenvalue weighted by Gasteiger charge is -2.46. The smallest absolute Gasteiger partial charge is 0.317 e. The van der Waals surface area contributed by atoms with Gasteiger partial charge in [0, 0.05) is 37.3 Å². The van der Waals surface area contributed by atoms with Gasteiger partial charge in [-0.25, -0.2) is 0 Å². The van der Waals surface area contributed by atoms with Crippen LogP contribution in [0, 0.1) is 5.92 Å². The number of aromatic hydroxyl groups is 1. The van der Waals surface area contributed by atoms with Gasteiger partial charge in [-0.3, -0.25) is 14.5 Å². The average molecular weight is 817 g/mol. The number of likely N-dealkylation sites (tertiary alicyclic amines) is 1. The van der Waals surface area contributed by atoms with E-state index in [0.29, 0.717) is 86.3 Å². The second-order valence-electron chi connectivity index (χ2n) is 16.5. The minimum atomic E-state index is -0.883. The van der Waals surface area contributed by atoms with Gasteiger partial charge in [0.05, 0.1) is 23.8 Å². The molecular weight excluding hydrogens is 761 g/mol. The number of amides is 1. The number of piperidine rings is 4. The molecule has 4 aromatic rings. The highest BCUT2D eigenvalue weighted by atomic mass is 16.5. The van der Waals surface area contributed by atoms with Crippen LogP contribution in [-0.2, 0) is 21.6 Å². The Bertz CT molecular complexity index is 2110. The van der Waals surface area contributed by atoms with Crippen molar-refractivity contribution in [3.8, 4) is 17.2 Å². The molecular formula is C48H56N4O8. The van der Waals surface area contributed by atoms with Gasteiger partial charge < -0.3 is 45.1 Å². The Morgan fingerprint density at radius 3 is 2.42 bits per heavy atom. The number of carbonyl (C=O) groups is 2. The fourth-order valence-electron chi connectivity index (χ4n) is 9.04. The molecule has 4 fully saturated rings. The monoisotopic (exact) mass is 816 g/mol. The molecule has 0 spiro atoms. The highest BCUT2D eigenvalue weighted by molar-refractivity contribution is 5.95. The third-order valence-electron chi connectivity index (χ3n) is 12.6. The highest BCUT2D eigenvalue weighted by Crippen LogP contribution is 2.40. The molecule has 3 atom stereocenters. The number of rotatable bonds is 16. The second-order valence-corrected chi connectivity index (χ2v) is 16.5. The lowest BCUT2D eigenvalue weighted by Crippen LogP contribution is -2.55. The Morgan fingerprint density at radius 1 is 0.883 bits per heavy atom. The van der Waals surface area contributed by atoms with E-state index in [4.69, 9.17) is 14.2 Å². The number of ether oxygens (including phenoxy) is 3. The average Bonchev–Trinajstić information content (AvgIpc) is 3.29. The van der Waals surface area contributed by atoms with Crippen LogP contribution in [0.4, 0.5) is 5.69 Å². The summed E-state index contributed by atoms with van der Waals surface area (Å²) in [6, 6.07) is 28.2. The van der Waals surface area contributed by atoms with Crippen LogP contribution in [0.25, 0.3) is 6.08 Å². The summed E-state index contributed by atoms with van der Waals surface area (Å²) in [4.78, 5) is 31.9. The first-order valence-electron chi connectivity index (χ1n) is 21.4. The van der Waals surface area contributed by atoms with Crippen molar-refractivity contribution in [2.24, 2.45) is 5.92 Å². The molecule has 12 nitrogen and oxygen atoms in total. The molecule has 5 heterocycles. The van der Waals surface area contributed by atoms with Crippen molar-refractivity contribution in [1.82, 2.24) is 15.1 Å². The third kappa shape index (κ3) is 9.47. The molecule has 9 rings (SSSR count). The number of hydrogen-bond acceptors (Lipinski definition) is 11. The van der Waals surface area contributed by atoms with Crippen molar-refractivity contribution in [1.29, 1.82) is 0 Å². The zero-order valence-corrected chi connectivity index (χ0v) is 34.0. The van der Waals surface area contributed by atoms with Crippen molar-refractivity contribution in [3.05, 3.63) is 125 Å². The molecule has 0 saturated carbocycles. The van der Waals surface area contributed by atoms with Crippen LogP contribution >= 0.6 is 0 Å². The van der Waals surface area contributed by atoms with Gasteiger partial charge >= 0.3 is 5.97 Å². The zero-order valence-electron chi connectivity index (χ0n) is 34.0. The van der Waals surface area contributed by atoms with Crippen LogP contribution in [0.2, 0.25) is 0 Å². The molecule has 1 unspecified atom stereocenters. The molecule has 4 saturated heterocycles. The molecule has 2 bridgehead atoms. The van der Waals surface area contributed by atoms with Gasteiger partial charge in [-0.15, -0.1) is 0 Å². The molecule has 4 aromatic carbocycles. The first kappa shape index (κ1) is 41.3. The van der Waals surface area contributed by atoms with Crippen LogP contribution in [0.15, 0.2) is 97.1 Å². The number of phenolic OH excluding ortho intramolecular Hbond substituents is 1. The first-order valence-corrected chi connectivity index (χ1v) is 21.4. The fraction of sp³-hybridized carbons (Fsp3) is 0.417. The van der Waals surface area contributed by atoms with Crippen molar-refractivity contribution < 1.29 is 39.1 Å². The maximum Gasteiger partial charge on any atom is 0.317 e. The number of carbonyl (C=O) groups excluding carboxylic acids is 2. The standard InChI is InChI=1S/C48H56N4O8/c53-41-17-15-39(40-16-18-44(55)50-45(40)41)42(54)30-49-23-4-5-28-58-38-10-6-7-33(29-38)32-59-37-13-11-35(12-14-37)46(56)52-26-21-48(22-27-52,36-8-2-1-3-9-36)47(57)60-43-31-51-24-19-34(43)20-25-51/h1-3,6-18,29,34,42-44,49-50,53-55H,4-5,19-28,30-32H2/t42-,43-,44?/m0/s1. The Kier molecular flexibility index (Phi) is 13.0. The number of nitrogens with zero attached hydrogens (tertiary/aromatic N) is 2. The maximum absolute atomic E-state index is 14.0. The van der Waals surface area contributed by atoms with Gasteiger partial charge in [-0.2, -0.15) is 0 Å². The number of phenols is 1. The number of unbranched alkanes of at least 4 members (excludes halogenated alkanes) is 1. The third-order valence-corrected chi connectivity index (χ3v) is 12.6. The van der Waals surface area contributed by atoms with E-state index < -0.39 is 17.7 Å². The molecule has 60 heavy (non-hydrogen) atoms. The lowest BCUT2D eigenvalue weighted by molar-refractivity contribution is -0.167. The second kappa shape index (κ2) is 18.9. The molecule has 5 N–H and O–H groups in total. The van der Waals surface area contributed by atoms with E-state index in [0.717, 1.165) is 62.2 Å². The van der Waals surface area contributed by atoms with Crippen molar-refractivity contribution in [2.45, 2.75) is 69.0 Å². The maximum atomic E-state index is 14.0. The number of anilines is 1. The molecule has 0 radical (unpaired) electrons. The molecule has 316 valence electrons. The van der Waals surface area contributed by atoms with Gasteiger partial charge in [0.2, 0.25) is 0 Å². The highest BCUT2D eigenvalue weighted by Gasteiger charge is 2.47. The molecule has 0 aliphatic carbocycles. The fourth-order valence-corrected chi connectivity index (χ4v) is 9.04. The first-order chi connectivity index (χ1) is 29.3. The van der Waals surface area contributed by atoms with E-state index in [1.165, 1.54) is 6.07 Å². The van der Waals surface area contributed by atoms with E-state index in [1.54, 1.807) is 30.4 Å². The van der Waals surface area contributed by atoms with E-state index in [1.807, 2.05) is 71.6 Å².